The van der Waals surface area contributed by atoms with Crippen molar-refractivity contribution in [2.75, 3.05) is 0 Å². The van der Waals surface area contributed by atoms with Crippen LogP contribution in [0.4, 0.5) is 8.78 Å². The summed E-state index contributed by atoms with van der Waals surface area (Å²) in [5, 5.41) is 2.99. The molecule has 6 rings (SSSR count). The topological polar surface area (TPSA) is 99.6 Å². The summed E-state index contributed by atoms with van der Waals surface area (Å²) in [6.45, 7) is 0.516. The van der Waals surface area contributed by atoms with Gasteiger partial charge in [0.25, 0.3) is 12.3 Å². The minimum atomic E-state index is -2.88. The molecular formula is C29H26ClF2N7O2. The second-order valence-electron chi connectivity index (χ2n) is 10.1. The Kier molecular flexibility index (Phi) is 7.36. The number of imidazole rings is 2. The second kappa shape index (κ2) is 11.2. The maximum absolute atomic E-state index is 13.8. The Morgan fingerprint density at radius 3 is 2.56 bits per heavy atom. The molecular weight excluding hydrogens is 552 g/mol. The maximum atomic E-state index is 13.8. The first-order valence-electron chi connectivity index (χ1n) is 13.3. The van der Waals surface area contributed by atoms with Crippen molar-refractivity contribution in [3.8, 4) is 11.5 Å². The van der Waals surface area contributed by atoms with Crippen molar-refractivity contribution in [2.24, 2.45) is 5.92 Å². The molecule has 0 spiro atoms. The summed E-state index contributed by atoms with van der Waals surface area (Å²) < 4.78 is 32.0. The average Bonchev–Trinajstić information content (AvgIpc) is 3.61. The Labute approximate surface area is 238 Å². The van der Waals surface area contributed by atoms with E-state index in [1.54, 1.807) is 27.9 Å². The Morgan fingerprint density at radius 1 is 1.05 bits per heavy atom. The van der Waals surface area contributed by atoms with E-state index in [1.807, 2.05) is 47.2 Å². The van der Waals surface area contributed by atoms with Gasteiger partial charge < -0.3 is 9.88 Å². The average molecular weight is 578 g/mol. The van der Waals surface area contributed by atoms with E-state index in [-0.39, 0.29) is 28.2 Å². The third kappa shape index (κ3) is 5.37. The molecule has 12 heteroatoms. The van der Waals surface area contributed by atoms with Crippen molar-refractivity contribution in [2.45, 2.75) is 44.7 Å². The van der Waals surface area contributed by atoms with Crippen molar-refractivity contribution >= 4 is 28.5 Å². The normalized spacial score (nSPS) is 17.3. The molecule has 1 aliphatic rings. The van der Waals surface area contributed by atoms with Gasteiger partial charge in [-0.05, 0) is 55.9 Å². The smallest absolute Gasteiger partial charge is 0.334 e. The van der Waals surface area contributed by atoms with Gasteiger partial charge in [0.15, 0.2) is 0 Å². The number of benzene rings is 1. The van der Waals surface area contributed by atoms with Crippen molar-refractivity contribution in [1.29, 1.82) is 0 Å². The number of alkyl halides is 2. The van der Waals surface area contributed by atoms with Crippen LogP contribution in [0.2, 0.25) is 5.02 Å². The van der Waals surface area contributed by atoms with Crippen molar-refractivity contribution < 1.29 is 13.6 Å². The van der Waals surface area contributed by atoms with Crippen LogP contribution in [0.5, 0.6) is 0 Å². The molecule has 1 aromatic carbocycles. The van der Waals surface area contributed by atoms with Crippen molar-refractivity contribution in [3.05, 3.63) is 100 Å². The van der Waals surface area contributed by atoms with E-state index in [0.717, 1.165) is 35.8 Å². The molecule has 9 nitrogen and oxygen atoms in total. The van der Waals surface area contributed by atoms with Crippen LogP contribution in [0.1, 0.15) is 48.2 Å². The minimum Gasteiger partial charge on any atom is -0.349 e. The number of halogens is 3. The maximum Gasteiger partial charge on any atom is 0.334 e. The first-order valence-corrected chi connectivity index (χ1v) is 13.7. The number of hydrogen-bond acceptors (Lipinski definition) is 5. The van der Waals surface area contributed by atoms with Crippen LogP contribution in [0.25, 0.3) is 22.5 Å². The zero-order valence-electron chi connectivity index (χ0n) is 21.8. The highest BCUT2D eigenvalue weighted by Crippen LogP contribution is 2.29. The van der Waals surface area contributed by atoms with Gasteiger partial charge >= 0.3 is 5.69 Å². The third-order valence-corrected chi connectivity index (χ3v) is 7.76. The van der Waals surface area contributed by atoms with E-state index in [4.69, 9.17) is 11.6 Å². The van der Waals surface area contributed by atoms with Crippen LogP contribution in [-0.4, -0.2) is 40.6 Å². The van der Waals surface area contributed by atoms with Crippen molar-refractivity contribution in [3.63, 3.8) is 0 Å². The molecule has 210 valence electrons. The highest BCUT2D eigenvalue weighted by molar-refractivity contribution is 6.30. The molecule has 1 fully saturated rings. The van der Waals surface area contributed by atoms with Gasteiger partial charge in [-0.25, -0.2) is 28.1 Å². The fourth-order valence-corrected chi connectivity index (χ4v) is 5.68. The Morgan fingerprint density at radius 2 is 1.83 bits per heavy atom. The van der Waals surface area contributed by atoms with Crippen LogP contribution < -0.4 is 11.0 Å². The molecule has 0 aliphatic heterocycles. The molecule has 1 saturated carbocycles. The minimum absolute atomic E-state index is 0.122. The fourth-order valence-electron chi connectivity index (χ4n) is 5.52. The van der Waals surface area contributed by atoms with E-state index in [9.17, 15) is 18.4 Å². The van der Waals surface area contributed by atoms with E-state index < -0.39 is 18.0 Å². The van der Waals surface area contributed by atoms with E-state index in [2.05, 4.69) is 20.3 Å². The van der Waals surface area contributed by atoms with Crippen LogP contribution in [0, 0.1) is 5.92 Å². The molecule has 0 saturated heterocycles. The molecule has 0 radical (unpaired) electrons. The zero-order valence-corrected chi connectivity index (χ0v) is 22.6. The SMILES string of the molecule is O=C(N[C@H]1CC[C@H](Cn2c(=O)n(-c3cc(-n4ccnc4)ccn3)c3ccccc32)CC1)c1cc(Cl)cnc1C(F)F. The molecule has 5 aromatic rings. The van der Waals surface area contributed by atoms with E-state index >= 15 is 0 Å². The highest BCUT2D eigenvalue weighted by atomic mass is 35.5. The number of pyridine rings is 2. The Hall–Kier alpha value is -4.38. The van der Waals surface area contributed by atoms with Gasteiger partial charge in [-0.3, -0.25) is 14.3 Å². The summed E-state index contributed by atoms with van der Waals surface area (Å²) in [5.74, 6) is 0.111. The fraction of sp³-hybridized carbons (Fsp3) is 0.276. The summed E-state index contributed by atoms with van der Waals surface area (Å²) in [5.41, 5.74) is 1.45. The summed E-state index contributed by atoms with van der Waals surface area (Å²) >= 11 is 5.91. The number of fused-ring (bicyclic) bond motifs is 1. The highest BCUT2D eigenvalue weighted by Gasteiger charge is 2.27. The summed E-state index contributed by atoms with van der Waals surface area (Å²) in [6, 6.07) is 12.4. The molecule has 4 heterocycles. The molecule has 1 N–H and O–H groups in total. The summed E-state index contributed by atoms with van der Waals surface area (Å²) in [4.78, 5) is 38.8. The second-order valence-corrected chi connectivity index (χ2v) is 10.6. The predicted octanol–water partition coefficient (Wildman–Crippen LogP) is 5.35. The molecule has 41 heavy (non-hydrogen) atoms. The van der Waals surface area contributed by atoms with Crippen molar-refractivity contribution in [1.82, 2.24) is 34.0 Å². The third-order valence-electron chi connectivity index (χ3n) is 7.56. The number of amides is 1. The van der Waals surface area contributed by atoms with Gasteiger partial charge in [0.05, 0.1) is 33.6 Å². The predicted molar refractivity (Wildman–Crippen MR) is 150 cm³/mol. The van der Waals surface area contributed by atoms with Crippen LogP contribution >= 0.6 is 11.6 Å². The van der Waals surface area contributed by atoms with Crippen LogP contribution in [0.3, 0.4) is 0 Å². The van der Waals surface area contributed by atoms with E-state index in [0.29, 0.717) is 25.2 Å². The lowest BCUT2D eigenvalue weighted by atomic mass is 9.85. The largest absolute Gasteiger partial charge is 0.349 e. The number of hydrogen-bond donors (Lipinski definition) is 1. The Balaban J connectivity index is 1.19. The zero-order chi connectivity index (χ0) is 28.5. The van der Waals surface area contributed by atoms with Crippen LogP contribution in [-0.2, 0) is 6.54 Å². The van der Waals surface area contributed by atoms with Gasteiger partial charge in [-0.15, -0.1) is 0 Å². The molecule has 1 aliphatic carbocycles. The van der Waals surface area contributed by atoms with Gasteiger partial charge in [-0.2, -0.15) is 0 Å². The van der Waals surface area contributed by atoms with Crippen LogP contribution in [0.15, 0.2) is 78.4 Å². The lowest BCUT2D eigenvalue weighted by Crippen LogP contribution is -2.39. The van der Waals surface area contributed by atoms with Gasteiger partial charge in [-0.1, -0.05) is 23.7 Å². The number of carbonyl (C=O) groups excluding carboxylic acids is 1. The number of nitrogens with zero attached hydrogens (tertiary/aromatic N) is 6. The lowest BCUT2D eigenvalue weighted by molar-refractivity contribution is 0.0904. The first-order chi connectivity index (χ1) is 19.9. The number of nitrogens with one attached hydrogen (secondary N) is 1. The molecule has 1 amide bonds. The molecule has 0 bridgehead atoms. The number of rotatable bonds is 7. The standard InChI is InChI=1S/C29H26ClF2N7O2/c30-19-13-22(26(27(31)32)35-15-19)28(40)36-20-7-5-18(6-8-20)16-38-23-3-1-2-4-24(23)39(29(38)41)25-14-21(9-10-34-25)37-12-11-33-17-37/h1-4,9-15,17-18,20,27H,5-8,16H2,(H,36,40)/t18-,20-. The number of carbonyl (C=O) groups is 1. The van der Waals surface area contributed by atoms with Gasteiger partial charge in [0.1, 0.15) is 11.5 Å². The molecule has 0 atom stereocenters. The number of para-hydroxylation sites is 2. The molecule has 0 unspecified atom stereocenters. The lowest BCUT2D eigenvalue weighted by Gasteiger charge is -2.29. The first kappa shape index (κ1) is 26.8. The summed E-state index contributed by atoms with van der Waals surface area (Å²) in [7, 11) is 0. The Bertz CT molecular complexity index is 1760. The number of aromatic nitrogens is 6. The van der Waals surface area contributed by atoms with E-state index in [1.165, 1.54) is 6.07 Å². The molecule has 4 aromatic heterocycles. The van der Waals surface area contributed by atoms with Gasteiger partial charge in [0.2, 0.25) is 0 Å². The monoisotopic (exact) mass is 577 g/mol. The quantitative estimate of drug-likeness (QED) is 0.281. The van der Waals surface area contributed by atoms with Gasteiger partial charge in [0, 0.05) is 43.4 Å². The summed E-state index contributed by atoms with van der Waals surface area (Å²) in [6.07, 6.45) is 7.95.